The molecule has 0 bridgehead atoms. The molecule has 0 aliphatic carbocycles. The van der Waals surface area contributed by atoms with E-state index in [0.717, 1.165) is 34.6 Å². The fourth-order valence-electron chi connectivity index (χ4n) is 1.89. The average Bonchev–Trinajstić information content (AvgIpc) is 2.43. The van der Waals surface area contributed by atoms with Crippen LogP contribution in [0.15, 0.2) is 46.9 Å². The van der Waals surface area contributed by atoms with Gasteiger partial charge in [-0.1, -0.05) is 35.8 Å². The van der Waals surface area contributed by atoms with E-state index < -0.39 is 0 Å². The third-order valence-electron chi connectivity index (χ3n) is 2.94. The molecule has 21 heavy (non-hydrogen) atoms. The molecule has 4 heteroatoms. The van der Waals surface area contributed by atoms with Crippen LogP contribution in [0.25, 0.3) is 0 Å². The molecular weight excluding hydrogens is 441 g/mol. The fourth-order valence-corrected chi connectivity index (χ4v) is 2.59. The number of ether oxygens (including phenoxy) is 1. The molecule has 0 saturated carbocycles. The van der Waals surface area contributed by atoms with Crippen LogP contribution in [0.2, 0.25) is 0 Å². The molecule has 0 spiro atoms. The lowest BCUT2D eigenvalue weighted by Crippen LogP contribution is -2.19. The predicted molar refractivity (Wildman–Crippen MR) is 99.9 cm³/mol. The highest BCUT2D eigenvalue weighted by Crippen LogP contribution is 2.29. The maximum Gasteiger partial charge on any atom is 0.133 e. The van der Waals surface area contributed by atoms with Crippen LogP contribution >= 0.6 is 38.5 Å². The second kappa shape index (κ2) is 8.15. The first kappa shape index (κ1) is 16.8. The zero-order valence-electron chi connectivity index (χ0n) is 12.2. The Hall–Kier alpha value is -0.590. The van der Waals surface area contributed by atoms with Gasteiger partial charge in [-0.3, -0.25) is 0 Å². The summed E-state index contributed by atoms with van der Waals surface area (Å²) in [5, 5.41) is 3.46. The van der Waals surface area contributed by atoms with Gasteiger partial charge < -0.3 is 10.1 Å². The number of rotatable bonds is 6. The van der Waals surface area contributed by atoms with Gasteiger partial charge in [-0.15, -0.1) is 0 Å². The molecule has 0 radical (unpaired) electrons. The molecule has 0 aliphatic heterocycles. The molecule has 0 aromatic heterocycles. The lowest BCUT2D eigenvalue weighted by Gasteiger charge is -2.13. The van der Waals surface area contributed by atoms with Gasteiger partial charge in [0.15, 0.2) is 0 Å². The van der Waals surface area contributed by atoms with Crippen molar-refractivity contribution in [3.63, 3.8) is 0 Å². The second-order valence-electron chi connectivity index (χ2n) is 5.33. The minimum atomic E-state index is 0.640. The van der Waals surface area contributed by atoms with Crippen LogP contribution in [-0.2, 0) is 6.54 Å². The summed E-state index contributed by atoms with van der Waals surface area (Å²) in [5.41, 5.74) is 1.16. The minimum Gasteiger partial charge on any atom is -0.457 e. The van der Waals surface area contributed by atoms with Crippen LogP contribution in [0.5, 0.6) is 11.5 Å². The largest absolute Gasteiger partial charge is 0.457 e. The molecule has 0 saturated heterocycles. The highest BCUT2D eigenvalue weighted by atomic mass is 127. The summed E-state index contributed by atoms with van der Waals surface area (Å²) in [5.74, 6) is 2.39. The highest BCUT2D eigenvalue weighted by molar-refractivity contribution is 14.1. The van der Waals surface area contributed by atoms with E-state index in [1.165, 1.54) is 3.57 Å². The summed E-state index contributed by atoms with van der Waals surface area (Å²) < 4.78 is 8.26. The summed E-state index contributed by atoms with van der Waals surface area (Å²) in [6.45, 7) is 6.22. The van der Waals surface area contributed by atoms with Crippen LogP contribution in [0.4, 0.5) is 0 Å². The van der Waals surface area contributed by atoms with E-state index in [4.69, 9.17) is 4.74 Å². The molecule has 0 unspecified atom stereocenters. The van der Waals surface area contributed by atoms with Crippen LogP contribution < -0.4 is 10.1 Å². The van der Waals surface area contributed by atoms with E-state index >= 15 is 0 Å². The zero-order chi connectivity index (χ0) is 15.2. The first-order valence-corrected chi connectivity index (χ1v) is 8.84. The first-order valence-electron chi connectivity index (χ1n) is 6.97. The van der Waals surface area contributed by atoms with Crippen molar-refractivity contribution in [2.75, 3.05) is 6.54 Å². The van der Waals surface area contributed by atoms with E-state index in [2.05, 4.69) is 63.8 Å². The van der Waals surface area contributed by atoms with Crippen molar-refractivity contribution >= 4 is 38.5 Å². The van der Waals surface area contributed by atoms with Gasteiger partial charge in [0, 0.05) is 20.2 Å². The maximum absolute atomic E-state index is 6.03. The molecule has 0 heterocycles. The molecule has 112 valence electrons. The van der Waals surface area contributed by atoms with Crippen molar-refractivity contribution in [1.82, 2.24) is 5.32 Å². The number of hydrogen-bond donors (Lipinski definition) is 1. The molecule has 0 atom stereocenters. The SMILES string of the molecule is CC(C)CNCc1ccc(Br)cc1Oc1ccc(I)cc1. The number of benzene rings is 2. The third kappa shape index (κ3) is 5.60. The van der Waals surface area contributed by atoms with Gasteiger partial charge in [-0.25, -0.2) is 0 Å². The molecule has 2 rings (SSSR count). The molecule has 2 aromatic rings. The van der Waals surface area contributed by atoms with Crippen molar-refractivity contribution in [2.24, 2.45) is 5.92 Å². The van der Waals surface area contributed by atoms with Crippen LogP contribution in [0, 0.1) is 9.49 Å². The van der Waals surface area contributed by atoms with E-state index in [9.17, 15) is 0 Å². The number of nitrogens with one attached hydrogen (secondary N) is 1. The topological polar surface area (TPSA) is 21.3 Å². The lowest BCUT2D eigenvalue weighted by atomic mass is 10.2. The van der Waals surface area contributed by atoms with E-state index in [1.54, 1.807) is 0 Å². The molecule has 2 aromatic carbocycles. The Morgan fingerprint density at radius 3 is 2.52 bits per heavy atom. The second-order valence-corrected chi connectivity index (χ2v) is 7.49. The quantitative estimate of drug-likeness (QED) is 0.568. The molecule has 0 aliphatic rings. The monoisotopic (exact) mass is 459 g/mol. The molecule has 1 N–H and O–H groups in total. The first-order chi connectivity index (χ1) is 10.0. The van der Waals surface area contributed by atoms with E-state index in [-0.39, 0.29) is 0 Å². The van der Waals surface area contributed by atoms with Gasteiger partial charge in [-0.05, 0) is 71.5 Å². The Kier molecular flexibility index (Phi) is 6.51. The zero-order valence-corrected chi connectivity index (χ0v) is 15.9. The lowest BCUT2D eigenvalue weighted by molar-refractivity contribution is 0.468. The summed E-state index contributed by atoms with van der Waals surface area (Å²) in [7, 11) is 0. The third-order valence-corrected chi connectivity index (χ3v) is 4.15. The Morgan fingerprint density at radius 2 is 1.86 bits per heavy atom. The van der Waals surface area contributed by atoms with Gasteiger partial charge in [0.25, 0.3) is 0 Å². The van der Waals surface area contributed by atoms with Crippen LogP contribution in [-0.4, -0.2) is 6.54 Å². The summed E-state index contributed by atoms with van der Waals surface area (Å²) >= 11 is 5.80. The van der Waals surface area contributed by atoms with E-state index in [1.807, 2.05) is 36.4 Å². The van der Waals surface area contributed by atoms with Gasteiger partial charge in [0.05, 0.1) is 0 Å². The Bertz CT molecular complexity index is 584. The van der Waals surface area contributed by atoms with Crippen LogP contribution in [0.1, 0.15) is 19.4 Å². The van der Waals surface area contributed by atoms with Crippen molar-refractivity contribution in [2.45, 2.75) is 20.4 Å². The van der Waals surface area contributed by atoms with Gasteiger partial charge in [0.1, 0.15) is 11.5 Å². The van der Waals surface area contributed by atoms with Gasteiger partial charge in [-0.2, -0.15) is 0 Å². The van der Waals surface area contributed by atoms with E-state index in [0.29, 0.717) is 5.92 Å². The summed E-state index contributed by atoms with van der Waals surface area (Å²) in [4.78, 5) is 0. The Balaban J connectivity index is 2.12. The molecular formula is C17H19BrINO. The normalized spacial score (nSPS) is 10.9. The van der Waals surface area contributed by atoms with Gasteiger partial charge in [0.2, 0.25) is 0 Å². The standard InChI is InChI=1S/C17H19BrINO/c1-12(2)10-20-11-13-3-4-14(18)9-17(13)21-16-7-5-15(19)6-8-16/h3-9,12,20H,10-11H2,1-2H3. The van der Waals surface area contributed by atoms with Crippen molar-refractivity contribution < 1.29 is 4.74 Å². The highest BCUT2D eigenvalue weighted by Gasteiger charge is 2.06. The van der Waals surface area contributed by atoms with Crippen molar-refractivity contribution in [3.05, 3.63) is 56.1 Å². The molecule has 2 nitrogen and oxygen atoms in total. The Morgan fingerprint density at radius 1 is 1.14 bits per heavy atom. The van der Waals surface area contributed by atoms with Crippen molar-refractivity contribution in [3.8, 4) is 11.5 Å². The number of halogens is 2. The summed E-state index contributed by atoms with van der Waals surface area (Å²) in [6.07, 6.45) is 0. The van der Waals surface area contributed by atoms with Crippen LogP contribution in [0.3, 0.4) is 0 Å². The summed E-state index contributed by atoms with van der Waals surface area (Å²) in [6, 6.07) is 14.2. The Labute approximate surface area is 148 Å². The number of hydrogen-bond acceptors (Lipinski definition) is 2. The maximum atomic E-state index is 6.03. The smallest absolute Gasteiger partial charge is 0.133 e. The minimum absolute atomic E-state index is 0.640. The fraction of sp³-hybridized carbons (Fsp3) is 0.294. The molecule has 0 amide bonds. The van der Waals surface area contributed by atoms with Gasteiger partial charge >= 0.3 is 0 Å². The molecule has 0 fully saturated rings. The van der Waals surface area contributed by atoms with Crippen molar-refractivity contribution in [1.29, 1.82) is 0 Å². The average molecular weight is 460 g/mol. The predicted octanol–water partition coefficient (Wildman–Crippen LogP) is 5.59.